The fourth-order valence-electron chi connectivity index (χ4n) is 2.93. The Morgan fingerprint density at radius 2 is 1.64 bits per heavy atom. The van der Waals surface area contributed by atoms with Crippen LogP contribution >= 0.6 is 0 Å². The van der Waals surface area contributed by atoms with Gasteiger partial charge in [0.25, 0.3) is 5.91 Å². The Bertz CT molecular complexity index is 935. The van der Waals surface area contributed by atoms with Gasteiger partial charge in [0, 0.05) is 24.1 Å². The summed E-state index contributed by atoms with van der Waals surface area (Å²) < 4.78 is 4.94. The van der Waals surface area contributed by atoms with Crippen LogP contribution in [0.4, 0.5) is 17.5 Å². The summed E-state index contributed by atoms with van der Waals surface area (Å²) in [5, 5.41) is 9.74. The van der Waals surface area contributed by atoms with Crippen molar-refractivity contribution in [2.75, 3.05) is 10.6 Å². The lowest BCUT2D eigenvalue weighted by molar-refractivity contribution is 0.102. The molecule has 3 rings (SSSR count). The third-order valence-corrected chi connectivity index (χ3v) is 4.39. The molecule has 0 aliphatic carbocycles. The fraction of sp³-hybridized carbons (Fsp3) is 0.333. The lowest BCUT2D eigenvalue weighted by Crippen LogP contribution is -2.13. The molecular weight excluding hydrogens is 354 g/mol. The number of carbonyl (C=O) groups excluding carboxylic acids is 1. The largest absolute Gasteiger partial charge is 0.360 e. The van der Waals surface area contributed by atoms with Gasteiger partial charge in [0.05, 0.1) is 5.56 Å². The smallest absolute Gasteiger partial charge is 0.260 e. The van der Waals surface area contributed by atoms with E-state index < -0.39 is 0 Å². The number of para-hydroxylation sites is 1. The van der Waals surface area contributed by atoms with Crippen LogP contribution in [0, 0.1) is 6.92 Å². The molecule has 0 saturated heterocycles. The topological polar surface area (TPSA) is 92.9 Å². The second-order valence-corrected chi connectivity index (χ2v) is 7.32. The van der Waals surface area contributed by atoms with Crippen molar-refractivity contribution >= 4 is 23.4 Å². The van der Waals surface area contributed by atoms with E-state index in [-0.39, 0.29) is 5.91 Å². The highest BCUT2D eigenvalue weighted by molar-refractivity contribution is 6.03. The molecule has 1 amide bonds. The number of hydrogen-bond donors (Lipinski definition) is 2. The minimum Gasteiger partial charge on any atom is -0.360 e. The van der Waals surface area contributed by atoms with Crippen LogP contribution in [0.25, 0.3) is 0 Å². The lowest BCUT2D eigenvalue weighted by Gasteiger charge is -2.20. The van der Waals surface area contributed by atoms with Crippen molar-refractivity contribution in [3.05, 3.63) is 59.1 Å². The zero-order chi connectivity index (χ0) is 20.3. The van der Waals surface area contributed by atoms with E-state index in [1.54, 1.807) is 13.0 Å². The molecule has 7 heteroatoms. The maximum atomic E-state index is 12.3. The molecule has 0 bridgehead atoms. The van der Waals surface area contributed by atoms with E-state index in [2.05, 4.69) is 71.7 Å². The molecule has 0 fully saturated rings. The number of benzene rings is 1. The molecule has 0 aliphatic rings. The van der Waals surface area contributed by atoms with E-state index in [1.807, 2.05) is 0 Å². The summed E-state index contributed by atoms with van der Waals surface area (Å²) in [5.74, 6) is 1.80. The van der Waals surface area contributed by atoms with E-state index in [4.69, 9.17) is 4.52 Å². The van der Waals surface area contributed by atoms with Crippen molar-refractivity contribution in [3.63, 3.8) is 0 Å². The average Bonchev–Trinajstić information content (AvgIpc) is 3.06. The van der Waals surface area contributed by atoms with Gasteiger partial charge in [0.2, 0.25) is 5.95 Å². The molecule has 2 aromatic heterocycles. The van der Waals surface area contributed by atoms with Gasteiger partial charge in [0.15, 0.2) is 5.82 Å². The fourth-order valence-corrected chi connectivity index (χ4v) is 2.93. The van der Waals surface area contributed by atoms with Gasteiger partial charge < -0.3 is 15.2 Å². The van der Waals surface area contributed by atoms with Crippen LogP contribution in [0.2, 0.25) is 0 Å². The van der Waals surface area contributed by atoms with Crippen LogP contribution in [0.1, 0.15) is 66.8 Å². The summed E-state index contributed by atoms with van der Waals surface area (Å²) >= 11 is 0. The molecule has 146 valence electrons. The Balaban J connectivity index is 1.80. The van der Waals surface area contributed by atoms with Gasteiger partial charge >= 0.3 is 0 Å². The number of anilines is 3. The zero-order valence-corrected chi connectivity index (χ0v) is 16.8. The molecule has 0 spiro atoms. The summed E-state index contributed by atoms with van der Waals surface area (Å²) in [5.41, 5.74) is 3.78. The van der Waals surface area contributed by atoms with Crippen LogP contribution in [0.3, 0.4) is 0 Å². The van der Waals surface area contributed by atoms with Gasteiger partial charge in [0.1, 0.15) is 5.76 Å². The summed E-state index contributed by atoms with van der Waals surface area (Å²) in [7, 11) is 0. The number of hydrogen-bond acceptors (Lipinski definition) is 6. The number of nitrogens with zero attached hydrogens (tertiary/aromatic N) is 3. The Morgan fingerprint density at radius 1 is 1.04 bits per heavy atom. The van der Waals surface area contributed by atoms with Gasteiger partial charge in [-0.25, -0.2) is 9.97 Å². The minimum atomic E-state index is -0.342. The van der Waals surface area contributed by atoms with Crippen molar-refractivity contribution in [3.8, 4) is 0 Å². The summed E-state index contributed by atoms with van der Waals surface area (Å²) in [4.78, 5) is 20.9. The number of aryl methyl sites for hydroxylation is 1. The van der Waals surface area contributed by atoms with Crippen molar-refractivity contribution in [1.82, 2.24) is 15.1 Å². The Labute approximate surface area is 164 Å². The summed E-state index contributed by atoms with van der Waals surface area (Å²) in [6, 6.07) is 7.95. The minimum absolute atomic E-state index is 0.340. The Morgan fingerprint density at radius 3 is 2.14 bits per heavy atom. The van der Waals surface area contributed by atoms with Gasteiger partial charge in [-0.05, 0) is 29.9 Å². The number of aromatic nitrogens is 3. The van der Waals surface area contributed by atoms with Gasteiger partial charge in [-0.2, -0.15) is 0 Å². The van der Waals surface area contributed by atoms with Crippen LogP contribution in [0.15, 0.2) is 41.2 Å². The van der Waals surface area contributed by atoms with E-state index >= 15 is 0 Å². The quantitative estimate of drug-likeness (QED) is 0.625. The van der Waals surface area contributed by atoms with Gasteiger partial charge in [-0.1, -0.05) is 51.1 Å². The average molecular weight is 379 g/mol. The van der Waals surface area contributed by atoms with Gasteiger partial charge in [-0.15, -0.1) is 0 Å². The SMILES string of the molecule is Cc1cc(NC(=O)c2cnc(Nc3c(C(C)C)cccc3C(C)C)nc2)no1. The second kappa shape index (κ2) is 8.21. The molecule has 0 radical (unpaired) electrons. The highest BCUT2D eigenvalue weighted by Gasteiger charge is 2.15. The first-order valence-electron chi connectivity index (χ1n) is 9.31. The molecule has 0 aliphatic heterocycles. The zero-order valence-electron chi connectivity index (χ0n) is 16.8. The van der Waals surface area contributed by atoms with Crippen molar-refractivity contribution in [1.29, 1.82) is 0 Å². The van der Waals surface area contributed by atoms with Crippen molar-refractivity contribution in [2.45, 2.75) is 46.5 Å². The number of carbonyl (C=O) groups is 1. The molecule has 2 heterocycles. The molecule has 2 N–H and O–H groups in total. The summed E-state index contributed by atoms with van der Waals surface area (Å²) in [6.45, 7) is 10.4. The molecular formula is C21H25N5O2. The first-order chi connectivity index (χ1) is 13.3. The molecule has 3 aromatic rings. The van der Waals surface area contributed by atoms with Crippen LogP contribution in [-0.4, -0.2) is 21.0 Å². The third-order valence-electron chi connectivity index (χ3n) is 4.39. The van der Waals surface area contributed by atoms with Crippen LogP contribution in [0.5, 0.6) is 0 Å². The lowest BCUT2D eigenvalue weighted by atomic mass is 9.93. The number of rotatable bonds is 6. The summed E-state index contributed by atoms with van der Waals surface area (Å²) in [6.07, 6.45) is 2.98. The third kappa shape index (κ3) is 4.36. The molecule has 0 atom stereocenters. The normalized spacial score (nSPS) is 11.1. The predicted molar refractivity (Wildman–Crippen MR) is 109 cm³/mol. The maximum Gasteiger partial charge on any atom is 0.260 e. The van der Waals surface area contributed by atoms with E-state index in [9.17, 15) is 4.79 Å². The highest BCUT2D eigenvalue weighted by Crippen LogP contribution is 2.33. The van der Waals surface area contributed by atoms with E-state index in [1.165, 1.54) is 23.5 Å². The number of amides is 1. The monoisotopic (exact) mass is 379 g/mol. The van der Waals surface area contributed by atoms with Crippen molar-refractivity contribution < 1.29 is 9.32 Å². The van der Waals surface area contributed by atoms with E-state index in [0.29, 0.717) is 34.9 Å². The highest BCUT2D eigenvalue weighted by atomic mass is 16.5. The van der Waals surface area contributed by atoms with Crippen molar-refractivity contribution in [2.24, 2.45) is 0 Å². The number of nitrogens with one attached hydrogen (secondary N) is 2. The first-order valence-corrected chi connectivity index (χ1v) is 9.31. The first kappa shape index (κ1) is 19.5. The molecule has 1 aromatic carbocycles. The molecule has 0 saturated carbocycles. The molecule has 28 heavy (non-hydrogen) atoms. The Kier molecular flexibility index (Phi) is 5.73. The Hall–Kier alpha value is -3.22. The molecule has 0 unspecified atom stereocenters. The van der Waals surface area contributed by atoms with E-state index in [0.717, 1.165) is 5.69 Å². The van der Waals surface area contributed by atoms with Crippen LogP contribution in [-0.2, 0) is 0 Å². The van der Waals surface area contributed by atoms with Crippen LogP contribution < -0.4 is 10.6 Å². The molecule has 7 nitrogen and oxygen atoms in total. The standard InChI is InChI=1S/C21H25N5O2/c1-12(2)16-7-6-8-17(13(3)4)19(16)25-21-22-10-15(11-23-21)20(27)24-18-9-14(5)28-26-18/h6-13H,1-5H3,(H,22,23,25)(H,24,26,27). The van der Waals surface area contributed by atoms with Gasteiger partial charge in [-0.3, -0.25) is 4.79 Å². The predicted octanol–water partition coefficient (Wildman–Crippen LogP) is 5.02. The second-order valence-electron chi connectivity index (χ2n) is 7.32. The maximum absolute atomic E-state index is 12.3.